The zero-order valence-electron chi connectivity index (χ0n) is 11.2. The van der Waals surface area contributed by atoms with Crippen molar-refractivity contribution in [3.8, 4) is 0 Å². The highest BCUT2D eigenvalue weighted by molar-refractivity contribution is 5.77. The van der Waals surface area contributed by atoms with E-state index >= 15 is 0 Å². The largest absolute Gasteiger partial charge is 0.468 e. The van der Waals surface area contributed by atoms with E-state index in [2.05, 4.69) is 28.7 Å². The summed E-state index contributed by atoms with van der Waals surface area (Å²) in [7, 11) is 1.42. The molecule has 1 heterocycles. The molecule has 1 saturated carbocycles. The van der Waals surface area contributed by atoms with Gasteiger partial charge in [0.2, 0.25) is 0 Å². The number of nitrogens with one attached hydrogen (secondary N) is 1. The molecule has 0 saturated heterocycles. The van der Waals surface area contributed by atoms with Crippen LogP contribution in [0.5, 0.6) is 0 Å². The zero-order chi connectivity index (χ0) is 13.1. The summed E-state index contributed by atoms with van der Waals surface area (Å²) < 4.78 is 6.99. The molecule has 0 aromatic carbocycles. The monoisotopic (exact) mass is 251 g/mol. The summed E-state index contributed by atoms with van der Waals surface area (Å²) in [5, 5.41) is 3.31. The first-order valence-electron chi connectivity index (χ1n) is 6.53. The van der Waals surface area contributed by atoms with Crippen LogP contribution in [0.25, 0.3) is 0 Å². The van der Waals surface area contributed by atoms with Crippen molar-refractivity contribution < 1.29 is 9.53 Å². The number of ether oxygens (including phenoxy) is 1. The predicted octanol–water partition coefficient (Wildman–Crippen LogP) is 1.82. The molecule has 1 aromatic rings. The molecule has 2 atom stereocenters. The zero-order valence-corrected chi connectivity index (χ0v) is 11.2. The number of esters is 1. The lowest BCUT2D eigenvalue weighted by molar-refractivity contribution is -0.143. The maximum absolute atomic E-state index is 11.9. The van der Waals surface area contributed by atoms with Gasteiger partial charge in [-0.15, -0.1) is 0 Å². The molecule has 18 heavy (non-hydrogen) atoms. The van der Waals surface area contributed by atoms with Crippen molar-refractivity contribution in [3.63, 3.8) is 0 Å². The Morgan fingerprint density at radius 1 is 1.67 bits per heavy atom. The van der Waals surface area contributed by atoms with Gasteiger partial charge in [-0.1, -0.05) is 6.92 Å². The molecule has 2 unspecified atom stereocenters. The van der Waals surface area contributed by atoms with E-state index in [0.29, 0.717) is 6.04 Å². The summed E-state index contributed by atoms with van der Waals surface area (Å²) in [5.74, 6) is -0.252. The van der Waals surface area contributed by atoms with Crippen LogP contribution in [0.4, 0.5) is 0 Å². The fourth-order valence-corrected chi connectivity index (χ4v) is 1.99. The van der Waals surface area contributed by atoms with Crippen molar-refractivity contribution >= 4 is 5.97 Å². The van der Waals surface area contributed by atoms with E-state index in [1.807, 2.05) is 0 Å². The van der Waals surface area contributed by atoms with Crippen LogP contribution in [0, 0.1) is 0 Å². The van der Waals surface area contributed by atoms with Crippen LogP contribution in [-0.2, 0) is 9.53 Å². The van der Waals surface area contributed by atoms with Gasteiger partial charge in [0.25, 0.3) is 0 Å². The molecule has 0 amide bonds. The number of methoxy groups -OCH3 is 1. The molecule has 0 aliphatic heterocycles. The van der Waals surface area contributed by atoms with Gasteiger partial charge < -0.3 is 9.30 Å². The van der Waals surface area contributed by atoms with E-state index in [-0.39, 0.29) is 12.0 Å². The fourth-order valence-electron chi connectivity index (χ4n) is 1.99. The lowest BCUT2D eigenvalue weighted by Gasteiger charge is -2.21. The van der Waals surface area contributed by atoms with Gasteiger partial charge in [0.05, 0.1) is 25.3 Å². The second kappa shape index (κ2) is 5.52. The molecule has 1 aliphatic rings. The Hall–Kier alpha value is -1.36. The number of carbonyl (C=O) groups excluding carboxylic acids is 1. The number of aromatic nitrogens is 2. The molecule has 0 radical (unpaired) electrons. The van der Waals surface area contributed by atoms with Crippen molar-refractivity contribution in [1.29, 1.82) is 0 Å². The third-order valence-corrected chi connectivity index (χ3v) is 3.43. The minimum absolute atomic E-state index is 0.252. The van der Waals surface area contributed by atoms with Crippen LogP contribution >= 0.6 is 0 Å². The molecule has 5 heteroatoms. The van der Waals surface area contributed by atoms with Crippen LogP contribution in [0.1, 0.15) is 50.9 Å². The summed E-state index contributed by atoms with van der Waals surface area (Å²) in [5.41, 5.74) is 0.907. The first-order chi connectivity index (χ1) is 8.67. The average Bonchev–Trinajstić information content (AvgIpc) is 3.13. The van der Waals surface area contributed by atoms with Gasteiger partial charge in [-0.05, 0) is 26.2 Å². The van der Waals surface area contributed by atoms with Gasteiger partial charge in [0.1, 0.15) is 6.04 Å². The Kier molecular flexibility index (Phi) is 4.01. The van der Waals surface area contributed by atoms with E-state index in [1.165, 1.54) is 20.0 Å². The molecule has 0 bridgehead atoms. The lowest BCUT2D eigenvalue weighted by atomic mass is 10.1. The first-order valence-corrected chi connectivity index (χ1v) is 6.53. The third kappa shape index (κ3) is 2.72. The van der Waals surface area contributed by atoms with E-state index in [9.17, 15) is 4.79 Å². The molecule has 1 aliphatic carbocycles. The van der Waals surface area contributed by atoms with E-state index < -0.39 is 6.04 Å². The first kappa shape index (κ1) is 13.1. The maximum Gasteiger partial charge on any atom is 0.329 e. The van der Waals surface area contributed by atoms with E-state index in [0.717, 1.165) is 12.1 Å². The lowest BCUT2D eigenvalue weighted by Crippen LogP contribution is -2.36. The minimum Gasteiger partial charge on any atom is -0.468 e. The highest BCUT2D eigenvalue weighted by atomic mass is 16.5. The molecular weight excluding hydrogens is 230 g/mol. The second-order valence-corrected chi connectivity index (χ2v) is 4.89. The van der Waals surface area contributed by atoms with Gasteiger partial charge >= 0.3 is 5.97 Å². The minimum atomic E-state index is -0.423. The molecule has 100 valence electrons. The molecular formula is C13H21N3O2. The third-order valence-electron chi connectivity index (χ3n) is 3.43. The van der Waals surface area contributed by atoms with Crippen molar-refractivity contribution in [2.45, 2.75) is 51.2 Å². The second-order valence-electron chi connectivity index (χ2n) is 4.89. The normalized spacial score (nSPS) is 18.4. The van der Waals surface area contributed by atoms with Gasteiger partial charge in [-0.25, -0.2) is 9.78 Å². The van der Waals surface area contributed by atoms with Crippen LogP contribution in [0.15, 0.2) is 12.5 Å². The van der Waals surface area contributed by atoms with Crippen molar-refractivity contribution in [2.24, 2.45) is 0 Å². The van der Waals surface area contributed by atoms with E-state index in [1.54, 1.807) is 12.5 Å². The number of imidazole rings is 1. The fraction of sp³-hybridized carbons (Fsp3) is 0.692. The predicted molar refractivity (Wildman–Crippen MR) is 68.1 cm³/mol. The average molecular weight is 251 g/mol. The van der Waals surface area contributed by atoms with Gasteiger partial charge in [0.15, 0.2) is 0 Å². The SMILES string of the molecule is CCC(C)NC(C(=O)OC)c1cncn1C1CC1. The summed E-state index contributed by atoms with van der Waals surface area (Å²) in [6.45, 7) is 4.15. The molecule has 0 spiro atoms. The summed E-state index contributed by atoms with van der Waals surface area (Å²) in [4.78, 5) is 16.1. The molecule has 1 fully saturated rings. The van der Waals surface area contributed by atoms with Gasteiger partial charge in [0, 0.05) is 12.1 Å². The number of hydrogen-bond donors (Lipinski definition) is 1. The van der Waals surface area contributed by atoms with Gasteiger partial charge in [-0.3, -0.25) is 5.32 Å². The van der Waals surface area contributed by atoms with Crippen LogP contribution in [-0.4, -0.2) is 28.7 Å². The van der Waals surface area contributed by atoms with E-state index in [4.69, 9.17) is 4.74 Å². The Balaban J connectivity index is 2.21. The smallest absolute Gasteiger partial charge is 0.329 e. The standard InChI is InChI=1S/C13H21N3O2/c1-4-9(2)15-12(13(17)18-3)11-7-14-8-16(11)10-5-6-10/h7-10,12,15H,4-6H2,1-3H3. The Morgan fingerprint density at radius 2 is 2.39 bits per heavy atom. The number of hydrogen-bond acceptors (Lipinski definition) is 4. The Labute approximate surface area is 108 Å². The summed E-state index contributed by atoms with van der Waals surface area (Å²) in [6.07, 6.45) is 6.86. The Morgan fingerprint density at radius 3 is 2.94 bits per heavy atom. The van der Waals surface area contributed by atoms with Crippen LogP contribution in [0.2, 0.25) is 0 Å². The summed E-state index contributed by atoms with van der Waals surface area (Å²) in [6, 6.07) is 0.345. The number of nitrogens with zero attached hydrogens (tertiary/aromatic N) is 2. The molecule has 2 rings (SSSR count). The summed E-state index contributed by atoms with van der Waals surface area (Å²) >= 11 is 0. The van der Waals surface area contributed by atoms with Gasteiger partial charge in [-0.2, -0.15) is 0 Å². The number of carbonyl (C=O) groups is 1. The van der Waals surface area contributed by atoms with Crippen molar-refractivity contribution in [2.75, 3.05) is 7.11 Å². The highest BCUT2D eigenvalue weighted by Crippen LogP contribution is 2.37. The van der Waals surface area contributed by atoms with Crippen LogP contribution in [0.3, 0.4) is 0 Å². The number of rotatable bonds is 6. The maximum atomic E-state index is 11.9. The molecule has 1 N–H and O–H groups in total. The topological polar surface area (TPSA) is 56.1 Å². The molecule has 5 nitrogen and oxygen atoms in total. The quantitative estimate of drug-likeness (QED) is 0.784. The van der Waals surface area contributed by atoms with Crippen LogP contribution < -0.4 is 5.32 Å². The molecule has 1 aromatic heterocycles. The van der Waals surface area contributed by atoms with Crippen molar-refractivity contribution in [1.82, 2.24) is 14.9 Å². The van der Waals surface area contributed by atoms with Crippen molar-refractivity contribution in [3.05, 3.63) is 18.2 Å². The highest BCUT2D eigenvalue weighted by Gasteiger charge is 2.31. The Bertz CT molecular complexity index is 412.